The number of fused-ring (bicyclic) bond motifs is 1. The summed E-state index contributed by atoms with van der Waals surface area (Å²) in [5.74, 6) is 0. The summed E-state index contributed by atoms with van der Waals surface area (Å²) in [4.78, 5) is 15.8. The van der Waals surface area contributed by atoms with Gasteiger partial charge in [0, 0.05) is 21.5 Å². The van der Waals surface area contributed by atoms with Gasteiger partial charge in [-0.25, -0.2) is 0 Å². The highest BCUT2D eigenvalue weighted by molar-refractivity contribution is 6.31. The van der Waals surface area contributed by atoms with Gasteiger partial charge in [-0.3, -0.25) is 4.79 Å². The molecular weight excluding hydrogens is 318 g/mol. The van der Waals surface area contributed by atoms with E-state index in [-0.39, 0.29) is 5.56 Å². The lowest BCUT2D eigenvalue weighted by Crippen LogP contribution is -2.11. The number of nitrogens with one attached hydrogen (secondary N) is 1. The lowest BCUT2D eigenvalue weighted by Gasteiger charge is -2.13. The second kappa shape index (κ2) is 5.99. The van der Waals surface area contributed by atoms with Gasteiger partial charge in [0.2, 0.25) is 0 Å². The second-order valence-electron chi connectivity index (χ2n) is 5.63. The zero-order valence-electron chi connectivity index (χ0n) is 12.8. The molecule has 2 nitrogen and oxygen atoms in total. The van der Waals surface area contributed by atoms with Gasteiger partial charge in [-0.2, -0.15) is 0 Å². The van der Waals surface area contributed by atoms with Crippen molar-refractivity contribution in [2.24, 2.45) is 0 Å². The van der Waals surface area contributed by atoms with Crippen molar-refractivity contribution in [1.82, 2.24) is 4.98 Å². The van der Waals surface area contributed by atoms with Crippen LogP contribution < -0.4 is 5.56 Å². The fraction of sp³-hybridized carbons (Fsp3) is 0. The van der Waals surface area contributed by atoms with Gasteiger partial charge in [0.25, 0.3) is 5.56 Å². The third kappa shape index (κ3) is 2.51. The molecule has 1 aromatic heterocycles. The van der Waals surface area contributed by atoms with Crippen LogP contribution in [-0.2, 0) is 0 Å². The first kappa shape index (κ1) is 14.7. The van der Waals surface area contributed by atoms with E-state index in [0.717, 1.165) is 27.6 Å². The molecule has 0 fully saturated rings. The van der Waals surface area contributed by atoms with E-state index in [4.69, 9.17) is 11.6 Å². The maximum absolute atomic E-state index is 12.8. The van der Waals surface area contributed by atoms with Gasteiger partial charge in [-0.15, -0.1) is 0 Å². The number of benzene rings is 3. The van der Waals surface area contributed by atoms with Crippen LogP contribution in [-0.4, -0.2) is 4.98 Å². The minimum atomic E-state index is -0.102. The summed E-state index contributed by atoms with van der Waals surface area (Å²) in [6.07, 6.45) is 0. The number of aromatic amines is 1. The molecule has 24 heavy (non-hydrogen) atoms. The molecule has 4 aromatic rings. The zero-order chi connectivity index (χ0) is 16.5. The summed E-state index contributed by atoms with van der Waals surface area (Å²) in [6, 6.07) is 25.2. The molecule has 0 spiro atoms. The van der Waals surface area contributed by atoms with Crippen molar-refractivity contribution < 1.29 is 0 Å². The first-order valence-corrected chi connectivity index (χ1v) is 8.08. The Morgan fingerprint density at radius 1 is 0.708 bits per heavy atom. The number of H-pyrrole nitrogens is 1. The summed E-state index contributed by atoms with van der Waals surface area (Å²) in [7, 11) is 0. The third-order valence-electron chi connectivity index (χ3n) is 4.10. The molecule has 0 saturated carbocycles. The first-order chi connectivity index (χ1) is 11.7. The molecule has 0 aliphatic heterocycles. The van der Waals surface area contributed by atoms with Crippen LogP contribution in [0.15, 0.2) is 83.7 Å². The highest BCUT2D eigenvalue weighted by Crippen LogP contribution is 2.35. The molecule has 0 radical (unpaired) electrons. The average molecular weight is 332 g/mol. The van der Waals surface area contributed by atoms with E-state index in [9.17, 15) is 4.79 Å². The molecule has 4 rings (SSSR count). The number of hydrogen-bond acceptors (Lipinski definition) is 1. The molecule has 0 atom stereocenters. The van der Waals surface area contributed by atoms with Gasteiger partial charge in [-0.05, 0) is 29.3 Å². The van der Waals surface area contributed by atoms with Gasteiger partial charge < -0.3 is 4.98 Å². The molecule has 3 heteroatoms. The summed E-state index contributed by atoms with van der Waals surface area (Å²) < 4.78 is 0. The van der Waals surface area contributed by atoms with Gasteiger partial charge in [-0.1, -0.05) is 72.3 Å². The van der Waals surface area contributed by atoms with E-state index < -0.39 is 0 Å². The van der Waals surface area contributed by atoms with E-state index >= 15 is 0 Å². The molecule has 116 valence electrons. The number of aromatic nitrogens is 1. The number of pyridine rings is 1. The maximum Gasteiger partial charge on any atom is 0.256 e. The van der Waals surface area contributed by atoms with Crippen LogP contribution in [0.4, 0.5) is 0 Å². The Bertz CT molecular complexity index is 1070. The fourth-order valence-electron chi connectivity index (χ4n) is 3.05. The third-order valence-corrected chi connectivity index (χ3v) is 4.34. The van der Waals surface area contributed by atoms with Gasteiger partial charge in [0.15, 0.2) is 0 Å². The smallest absolute Gasteiger partial charge is 0.256 e. The monoisotopic (exact) mass is 331 g/mol. The van der Waals surface area contributed by atoms with Crippen molar-refractivity contribution in [3.05, 3.63) is 94.2 Å². The largest absolute Gasteiger partial charge is 0.321 e. The quantitative estimate of drug-likeness (QED) is 0.515. The van der Waals surface area contributed by atoms with Crippen molar-refractivity contribution in [2.45, 2.75) is 0 Å². The van der Waals surface area contributed by atoms with Crippen LogP contribution >= 0.6 is 11.6 Å². The average Bonchev–Trinajstić information content (AvgIpc) is 2.62. The van der Waals surface area contributed by atoms with E-state index in [1.807, 2.05) is 72.8 Å². The molecule has 3 aromatic carbocycles. The normalized spacial score (nSPS) is 10.9. The summed E-state index contributed by atoms with van der Waals surface area (Å²) in [6.45, 7) is 0. The van der Waals surface area contributed by atoms with Crippen LogP contribution in [0.5, 0.6) is 0 Å². The highest BCUT2D eigenvalue weighted by atomic mass is 35.5. The molecule has 1 heterocycles. The SMILES string of the molecule is O=c1[nH]c2ccc(Cl)cc2c(-c2ccccc2)c1-c1ccccc1. The van der Waals surface area contributed by atoms with Crippen molar-refractivity contribution in [3.8, 4) is 22.3 Å². The van der Waals surface area contributed by atoms with Crippen LogP contribution in [0.25, 0.3) is 33.2 Å². The number of hydrogen-bond donors (Lipinski definition) is 1. The molecule has 0 amide bonds. The highest BCUT2D eigenvalue weighted by Gasteiger charge is 2.16. The van der Waals surface area contributed by atoms with E-state index in [1.54, 1.807) is 6.07 Å². The van der Waals surface area contributed by atoms with Gasteiger partial charge in [0.05, 0.1) is 5.56 Å². The van der Waals surface area contributed by atoms with Crippen LogP contribution in [0.3, 0.4) is 0 Å². The Hall–Kier alpha value is -2.84. The van der Waals surface area contributed by atoms with E-state index in [0.29, 0.717) is 10.6 Å². The standard InChI is InChI=1S/C21H14ClNO/c22-16-11-12-18-17(13-16)19(14-7-3-1-4-8-14)20(21(24)23-18)15-9-5-2-6-10-15/h1-13H,(H,23,24). The van der Waals surface area contributed by atoms with Crippen LogP contribution in [0, 0.1) is 0 Å². The Balaban J connectivity index is 2.19. The summed E-state index contributed by atoms with van der Waals surface area (Å²) in [5, 5.41) is 1.58. The van der Waals surface area contributed by atoms with Crippen molar-refractivity contribution >= 4 is 22.5 Å². The van der Waals surface area contributed by atoms with Crippen LogP contribution in [0.1, 0.15) is 0 Å². The predicted molar refractivity (Wildman–Crippen MR) is 100 cm³/mol. The minimum absolute atomic E-state index is 0.102. The molecule has 0 aliphatic rings. The Kier molecular flexibility index (Phi) is 3.68. The van der Waals surface area contributed by atoms with Crippen molar-refractivity contribution in [1.29, 1.82) is 0 Å². The predicted octanol–water partition coefficient (Wildman–Crippen LogP) is 5.52. The Morgan fingerprint density at radius 2 is 1.29 bits per heavy atom. The van der Waals surface area contributed by atoms with E-state index in [1.165, 1.54) is 0 Å². The zero-order valence-corrected chi connectivity index (χ0v) is 13.5. The molecule has 0 saturated heterocycles. The minimum Gasteiger partial charge on any atom is -0.321 e. The van der Waals surface area contributed by atoms with E-state index in [2.05, 4.69) is 4.98 Å². The van der Waals surface area contributed by atoms with Crippen molar-refractivity contribution in [2.75, 3.05) is 0 Å². The number of halogens is 1. The first-order valence-electron chi connectivity index (χ1n) is 7.70. The molecule has 0 unspecified atom stereocenters. The summed E-state index contributed by atoms with van der Waals surface area (Å²) in [5.41, 5.74) is 4.13. The number of rotatable bonds is 2. The van der Waals surface area contributed by atoms with Crippen LogP contribution in [0.2, 0.25) is 5.02 Å². The topological polar surface area (TPSA) is 32.9 Å². The summed E-state index contributed by atoms with van der Waals surface area (Å²) >= 11 is 6.22. The van der Waals surface area contributed by atoms with Crippen molar-refractivity contribution in [3.63, 3.8) is 0 Å². The van der Waals surface area contributed by atoms with Gasteiger partial charge >= 0.3 is 0 Å². The Morgan fingerprint density at radius 3 is 1.92 bits per heavy atom. The Labute approximate surface area is 144 Å². The second-order valence-corrected chi connectivity index (χ2v) is 6.06. The fourth-order valence-corrected chi connectivity index (χ4v) is 3.22. The maximum atomic E-state index is 12.8. The molecule has 0 bridgehead atoms. The molecule has 0 aliphatic carbocycles. The molecular formula is C21H14ClNO. The van der Waals surface area contributed by atoms with Gasteiger partial charge in [0.1, 0.15) is 0 Å². The lowest BCUT2D eigenvalue weighted by molar-refractivity contribution is 1.31. The lowest BCUT2D eigenvalue weighted by atomic mass is 9.92. The molecule has 1 N–H and O–H groups in total.